The van der Waals surface area contributed by atoms with E-state index in [0.29, 0.717) is 37.1 Å². The fourth-order valence-electron chi connectivity index (χ4n) is 2.67. The molecule has 0 bridgehead atoms. The second kappa shape index (κ2) is 9.85. The highest BCUT2D eigenvalue weighted by molar-refractivity contribution is 5.84. The number of carbonyl (C=O) groups excluding carboxylic acids is 2. The van der Waals surface area contributed by atoms with Gasteiger partial charge in [-0.1, -0.05) is 43.3 Å². The molecule has 0 aliphatic heterocycles. The van der Waals surface area contributed by atoms with Crippen molar-refractivity contribution in [2.75, 3.05) is 19.6 Å². The Labute approximate surface area is 160 Å². The van der Waals surface area contributed by atoms with Crippen LogP contribution in [0.2, 0.25) is 0 Å². The summed E-state index contributed by atoms with van der Waals surface area (Å²) in [6, 6.07) is 8.06. The van der Waals surface area contributed by atoms with Crippen molar-refractivity contribution in [1.82, 2.24) is 20.4 Å². The third-order valence-electron chi connectivity index (χ3n) is 4.30. The van der Waals surface area contributed by atoms with E-state index in [-0.39, 0.29) is 24.8 Å². The van der Waals surface area contributed by atoms with E-state index in [2.05, 4.69) is 41.4 Å². The van der Waals surface area contributed by atoms with Gasteiger partial charge in [-0.15, -0.1) is 0 Å². The lowest BCUT2D eigenvalue weighted by molar-refractivity contribution is -0.135. The van der Waals surface area contributed by atoms with Crippen LogP contribution in [0.5, 0.6) is 0 Å². The van der Waals surface area contributed by atoms with Crippen LogP contribution in [0.3, 0.4) is 0 Å². The van der Waals surface area contributed by atoms with E-state index in [4.69, 9.17) is 4.52 Å². The zero-order valence-electron chi connectivity index (χ0n) is 16.5. The molecule has 2 aromatic rings. The van der Waals surface area contributed by atoms with Crippen molar-refractivity contribution in [3.05, 3.63) is 35.7 Å². The molecule has 7 heteroatoms. The second-order valence-electron chi connectivity index (χ2n) is 6.65. The minimum absolute atomic E-state index is 0.0699. The van der Waals surface area contributed by atoms with Crippen molar-refractivity contribution in [3.8, 4) is 11.4 Å². The first-order valence-electron chi connectivity index (χ1n) is 9.41. The molecule has 7 nitrogen and oxygen atoms in total. The van der Waals surface area contributed by atoms with Crippen molar-refractivity contribution >= 4 is 11.8 Å². The Balaban J connectivity index is 1.93. The molecule has 2 rings (SSSR count). The summed E-state index contributed by atoms with van der Waals surface area (Å²) in [5.74, 6) is 1.14. The lowest BCUT2D eigenvalue weighted by atomic mass is 10.0. The molecule has 0 fully saturated rings. The summed E-state index contributed by atoms with van der Waals surface area (Å²) in [4.78, 5) is 29.9. The SMILES string of the molecule is CCNC(=O)CN(CC)C(=O)CCc1nc(-c2ccc(C(C)C)cc2)no1. The average molecular weight is 372 g/mol. The summed E-state index contributed by atoms with van der Waals surface area (Å²) in [6.45, 7) is 9.08. The Kier molecular flexibility index (Phi) is 7.52. The third kappa shape index (κ3) is 5.91. The van der Waals surface area contributed by atoms with Gasteiger partial charge in [0.15, 0.2) is 0 Å². The fourth-order valence-corrected chi connectivity index (χ4v) is 2.67. The molecular weight excluding hydrogens is 344 g/mol. The van der Waals surface area contributed by atoms with Crippen molar-refractivity contribution in [3.63, 3.8) is 0 Å². The number of aromatic nitrogens is 2. The highest BCUT2D eigenvalue weighted by Gasteiger charge is 2.17. The smallest absolute Gasteiger partial charge is 0.239 e. The molecule has 0 saturated heterocycles. The molecule has 0 saturated carbocycles. The quantitative estimate of drug-likeness (QED) is 0.731. The molecule has 1 N–H and O–H groups in total. The van der Waals surface area contributed by atoms with Crippen LogP contribution < -0.4 is 5.32 Å². The van der Waals surface area contributed by atoms with Gasteiger partial charge in [-0.2, -0.15) is 4.98 Å². The zero-order valence-corrected chi connectivity index (χ0v) is 16.5. The van der Waals surface area contributed by atoms with E-state index in [9.17, 15) is 9.59 Å². The molecule has 27 heavy (non-hydrogen) atoms. The lowest BCUT2D eigenvalue weighted by Gasteiger charge is -2.19. The van der Waals surface area contributed by atoms with Crippen molar-refractivity contribution in [2.45, 2.75) is 46.5 Å². The number of nitrogens with one attached hydrogen (secondary N) is 1. The van der Waals surface area contributed by atoms with Crippen LogP contribution in [0.25, 0.3) is 11.4 Å². The van der Waals surface area contributed by atoms with Crippen LogP contribution in [0, 0.1) is 0 Å². The van der Waals surface area contributed by atoms with Crippen LogP contribution in [-0.2, 0) is 16.0 Å². The summed E-state index contributed by atoms with van der Waals surface area (Å²) in [5.41, 5.74) is 2.13. The van der Waals surface area contributed by atoms with Gasteiger partial charge in [0.1, 0.15) is 0 Å². The number of hydrogen-bond acceptors (Lipinski definition) is 5. The minimum Gasteiger partial charge on any atom is -0.355 e. The van der Waals surface area contributed by atoms with Gasteiger partial charge in [0.05, 0.1) is 6.54 Å². The van der Waals surface area contributed by atoms with Crippen LogP contribution in [0.1, 0.15) is 51.5 Å². The molecule has 146 valence electrons. The topological polar surface area (TPSA) is 88.3 Å². The van der Waals surface area contributed by atoms with Crippen LogP contribution in [0.4, 0.5) is 0 Å². The summed E-state index contributed by atoms with van der Waals surface area (Å²) in [6.07, 6.45) is 0.572. The van der Waals surface area contributed by atoms with Gasteiger partial charge in [-0.25, -0.2) is 0 Å². The van der Waals surface area contributed by atoms with Crippen LogP contribution in [-0.4, -0.2) is 46.5 Å². The first-order chi connectivity index (χ1) is 12.9. The number of likely N-dealkylation sites (N-methyl/N-ethyl adjacent to an activating group) is 2. The van der Waals surface area contributed by atoms with E-state index < -0.39 is 0 Å². The highest BCUT2D eigenvalue weighted by Crippen LogP contribution is 2.20. The zero-order chi connectivity index (χ0) is 19.8. The molecule has 2 amide bonds. The van der Waals surface area contributed by atoms with Crippen LogP contribution >= 0.6 is 0 Å². The summed E-state index contributed by atoms with van der Waals surface area (Å²) in [7, 11) is 0. The third-order valence-corrected chi connectivity index (χ3v) is 4.30. The molecule has 1 aromatic carbocycles. The first-order valence-corrected chi connectivity index (χ1v) is 9.41. The largest absolute Gasteiger partial charge is 0.355 e. The van der Waals surface area contributed by atoms with E-state index in [1.165, 1.54) is 10.5 Å². The van der Waals surface area contributed by atoms with Gasteiger partial charge < -0.3 is 14.7 Å². The van der Waals surface area contributed by atoms with Gasteiger partial charge in [0, 0.05) is 31.5 Å². The molecular formula is C20H28N4O3. The molecule has 0 radical (unpaired) electrons. The molecule has 0 unspecified atom stereocenters. The fraction of sp³-hybridized carbons (Fsp3) is 0.500. The minimum atomic E-state index is -0.155. The predicted octanol–water partition coefficient (Wildman–Crippen LogP) is 2.78. The molecule has 1 aromatic heterocycles. The Morgan fingerprint density at radius 3 is 2.48 bits per heavy atom. The molecule has 1 heterocycles. The normalized spacial score (nSPS) is 10.9. The number of amides is 2. The summed E-state index contributed by atoms with van der Waals surface area (Å²) < 4.78 is 5.27. The van der Waals surface area contributed by atoms with E-state index in [1.54, 1.807) is 0 Å². The Hall–Kier alpha value is -2.70. The van der Waals surface area contributed by atoms with Crippen LogP contribution in [0.15, 0.2) is 28.8 Å². The molecule has 0 aliphatic rings. The van der Waals surface area contributed by atoms with Gasteiger partial charge in [0.2, 0.25) is 23.5 Å². The summed E-state index contributed by atoms with van der Waals surface area (Å²) in [5, 5.41) is 6.70. The number of aryl methyl sites for hydroxylation is 1. The number of hydrogen-bond donors (Lipinski definition) is 1. The maximum atomic E-state index is 12.3. The van der Waals surface area contributed by atoms with Gasteiger partial charge >= 0.3 is 0 Å². The van der Waals surface area contributed by atoms with Crippen molar-refractivity contribution < 1.29 is 14.1 Å². The van der Waals surface area contributed by atoms with E-state index in [0.717, 1.165) is 5.56 Å². The monoisotopic (exact) mass is 372 g/mol. The van der Waals surface area contributed by atoms with Crippen molar-refractivity contribution in [2.24, 2.45) is 0 Å². The van der Waals surface area contributed by atoms with Gasteiger partial charge in [-0.3, -0.25) is 9.59 Å². The molecule has 0 spiro atoms. The average Bonchev–Trinajstić information content (AvgIpc) is 3.13. The maximum Gasteiger partial charge on any atom is 0.239 e. The number of nitrogens with zero attached hydrogens (tertiary/aromatic N) is 3. The highest BCUT2D eigenvalue weighted by atomic mass is 16.5. The van der Waals surface area contributed by atoms with E-state index in [1.807, 2.05) is 26.0 Å². The number of benzene rings is 1. The lowest BCUT2D eigenvalue weighted by Crippen LogP contribution is -2.40. The van der Waals surface area contributed by atoms with Crippen molar-refractivity contribution in [1.29, 1.82) is 0 Å². The molecule has 0 aliphatic carbocycles. The Morgan fingerprint density at radius 2 is 1.89 bits per heavy atom. The Morgan fingerprint density at radius 1 is 1.19 bits per heavy atom. The van der Waals surface area contributed by atoms with E-state index >= 15 is 0 Å². The Bertz CT molecular complexity index is 753. The predicted molar refractivity (Wildman–Crippen MR) is 103 cm³/mol. The number of rotatable bonds is 9. The summed E-state index contributed by atoms with van der Waals surface area (Å²) >= 11 is 0. The first kappa shape index (κ1) is 20.6. The van der Waals surface area contributed by atoms with Gasteiger partial charge in [-0.05, 0) is 25.3 Å². The van der Waals surface area contributed by atoms with Gasteiger partial charge in [0.25, 0.3) is 0 Å². The number of carbonyl (C=O) groups is 2. The molecule has 0 atom stereocenters. The standard InChI is InChI=1S/C20H28N4O3/c1-5-21-17(25)13-24(6-2)19(26)12-11-18-22-20(23-27-18)16-9-7-15(8-10-16)14(3)4/h7-10,14H,5-6,11-13H2,1-4H3,(H,21,25). The maximum absolute atomic E-state index is 12.3. The second-order valence-corrected chi connectivity index (χ2v) is 6.65.